The number of carbonyl (C=O) groups is 3. The molecule has 0 aromatic heterocycles. The summed E-state index contributed by atoms with van der Waals surface area (Å²) < 4.78 is 5.03. The molecule has 118 valence electrons. The molecule has 2 atom stereocenters. The minimum atomic E-state index is -0.339. The topological polar surface area (TPSA) is 92.3 Å². The predicted molar refractivity (Wildman–Crippen MR) is 74.1 cm³/mol. The lowest BCUT2D eigenvalue weighted by molar-refractivity contribution is -0.678. The van der Waals surface area contributed by atoms with E-state index in [1.165, 1.54) is 0 Å². The van der Waals surface area contributed by atoms with Crippen molar-refractivity contribution >= 4 is 17.8 Å². The zero-order valence-electron chi connectivity index (χ0n) is 12.5. The van der Waals surface area contributed by atoms with E-state index in [2.05, 4.69) is 5.32 Å². The van der Waals surface area contributed by atoms with Gasteiger partial charge in [-0.3, -0.25) is 14.4 Å². The third-order valence-electron chi connectivity index (χ3n) is 4.02. The highest BCUT2D eigenvalue weighted by Crippen LogP contribution is 2.18. The Labute approximate surface area is 124 Å². The third kappa shape index (κ3) is 4.17. The number of hydrogen-bond acceptors (Lipinski definition) is 4. The van der Waals surface area contributed by atoms with Crippen molar-refractivity contribution in [1.82, 2.24) is 10.2 Å². The molecule has 0 aromatic carbocycles. The van der Waals surface area contributed by atoms with Gasteiger partial charge in [0.1, 0.15) is 0 Å². The molecule has 2 amide bonds. The number of amides is 2. The number of carbonyl (C=O) groups excluding carboxylic acids is 3. The average Bonchev–Trinajstić information content (AvgIpc) is 2.50. The van der Waals surface area contributed by atoms with Gasteiger partial charge in [-0.15, -0.1) is 0 Å². The van der Waals surface area contributed by atoms with E-state index in [1.807, 2.05) is 5.32 Å². The Kier molecular flexibility index (Phi) is 5.55. The summed E-state index contributed by atoms with van der Waals surface area (Å²) in [5.41, 5.74) is 0. The number of piperazine rings is 1. The van der Waals surface area contributed by atoms with Crippen molar-refractivity contribution in [1.29, 1.82) is 0 Å². The van der Waals surface area contributed by atoms with Gasteiger partial charge in [0.2, 0.25) is 5.91 Å². The van der Waals surface area contributed by atoms with Crippen molar-refractivity contribution in [3.8, 4) is 0 Å². The quantitative estimate of drug-likeness (QED) is 0.602. The second-order valence-electron chi connectivity index (χ2n) is 5.56. The van der Waals surface area contributed by atoms with Crippen LogP contribution in [0.15, 0.2) is 0 Å². The molecule has 2 rings (SSSR count). The fraction of sp³-hybridized carbons (Fsp3) is 0.786. The second-order valence-corrected chi connectivity index (χ2v) is 5.56. The molecule has 3 N–H and O–H groups in total. The van der Waals surface area contributed by atoms with Gasteiger partial charge in [-0.2, -0.15) is 0 Å². The first-order chi connectivity index (χ1) is 10.1. The minimum Gasteiger partial charge on any atom is -0.466 e. The molecule has 0 aliphatic carbocycles. The van der Waals surface area contributed by atoms with Crippen LogP contribution in [0.5, 0.6) is 0 Å². The molecule has 0 aromatic rings. The van der Waals surface area contributed by atoms with Crippen LogP contribution in [0.25, 0.3) is 0 Å². The zero-order chi connectivity index (χ0) is 15.2. The molecule has 7 nitrogen and oxygen atoms in total. The Morgan fingerprint density at radius 3 is 3.00 bits per heavy atom. The SMILES string of the molecule is CCOC(=O)[C@@H]1CCCN(C(=O)C[C@@H]2[NH2+]CCNC2=O)C1. The lowest BCUT2D eigenvalue weighted by atomic mass is 9.97. The molecule has 0 bridgehead atoms. The van der Waals surface area contributed by atoms with Crippen LogP contribution in [-0.4, -0.2) is 61.5 Å². The van der Waals surface area contributed by atoms with Crippen molar-refractivity contribution in [2.24, 2.45) is 5.92 Å². The van der Waals surface area contributed by atoms with E-state index in [4.69, 9.17) is 4.74 Å². The summed E-state index contributed by atoms with van der Waals surface area (Å²) in [5, 5.41) is 4.68. The Balaban J connectivity index is 1.86. The lowest BCUT2D eigenvalue weighted by Crippen LogP contribution is -2.96. The van der Waals surface area contributed by atoms with E-state index in [0.717, 1.165) is 19.4 Å². The normalized spacial score (nSPS) is 26.1. The van der Waals surface area contributed by atoms with E-state index < -0.39 is 0 Å². The van der Waals surface area contributed by atoms with Crippen LogP contribution >= 0.6 is 0 Å². The van der Waals surface area contributed by atoms with Gasteiger partial charge in [0.25, 0.3) is 5.91 Å². The molecule has 0 spiro atoms. The Hall–Kier alpha value is -1.63. The van der Waals surface area contributed by atoms with Gasteiger partial charge < -0.3 is 20.3 Å². The van der Waals surface area contributed by atoms with Crippen LogP contribution in [0.1, 0.15) is 26.2 Å². The molecule has 2 aliphatic rings. The molecule has 21 heavy (non-hydrogen) atoms. The molecule has 0 saturated carbocycles. The van der Waals surface area contributed by atoms with E-state index in [0.29, 0.717) is 26.2 Å². The van der Waals surface area contributed by atoms with Crippen molar-refractivity contribution in [3.05, 3.63) is 0 Å². The Morgan fingerprint density at radius 2 is 2.29 bits per heavy atom. The number of ether oxygens (including phenoxy) is 1. The highest BCUT2D eigenvalue weighted by Gasteiger charge is 2.33. The maximum Gasteiger partial charge on any atom is 0.310 e. The van der Waals surface area contributed by atoms with E-state index in [1.54, 1.807) is 11.8 Å². The monoisotopic (exact) mass is 298 g/mol. The number of hydrogen-bond donors (Lipinski definition) is 2. The minimum absolute atomic E-state index is 0.0534. The molecular weight excluding hydrogens is 274 g/mol. The van der Waals surface area contributed by atoms with Crippen LogP contribution in [0.4, 0.5) is 0 Å². The zero-order valence-corrected chi connectivity index (χ0v) is 12.5. The molecule has 7 heteroatoms. The fourth-order valence-electron chi connectivity index (χ4n) is 2.87. The van der Waals surface area contributed by atoms with Gasteiger partial charge in [0, 0.05) is 13.1 Å². The molecule has 0 radical (unpaired) electrons. The lowest BCUT2D eigenvalue weighted by Gasteiger charge is -2.32. The van der Waals surface area contributed by atoms with Crippen molar-refractivity contribution in [2.45, 2.75) is 32.2 Å². The highest BCUT2D eigenvalue weighted by atomic mass is 16.5. The molecule has 2 aliphatic heterocycles. The summed E-state index contributed by atoms with van der Waals surface area (Å²) in [4.78, 5) is 37.5. The first kappa shape index (κ1) is 15.8. The second kappa shape index (κ2) is 7.40. The molecule has 2 saturated heterocycles. The summed E-state index contributed by atoms with van der Waals surface area (Å²) in [6.07, 6.45) is 1.76. The number of piperidine rings is 1. The summed E-state index contributed by atoms with van der Waals surface area (Å²) >= 11 is 0. The smallest absolute Gasteiger partial charge is 0.310 e. The van der Waals surface area contributed by atoms with Crippen molar-refractivity contribution in [3.63, 3.8) is 0 Å². The Bertz CT molecular complexity index is 413. The van der Waals surface area contributed by atoms with Crippen molar-refractivity contribution < 1.29 is 24.4 Å². The van der Waals surface area contributed by atoms with Gasteiger partial charge in [-0.1, -0.05) is 0 Å². The van der Waals surface area contributed by atoms with Crippen LogP contribution in [0.3, 0.4) is 0 Å². The number of rotatable bonds is 4. The van der Waals surface area contributed by atoms with Crippen molar-refractivity contribution in [2.75, 3.05) is 32.8 Å². The summed E-state index contributed by atoms with van der Waals surface area (Å²) in [5.74, 6) is -0.584. The maximum atomic E-state index is 12.3. The highest BCUT2D eigenvalue weighted by molar-refractivity contribution is 5.87. The number of nitrogens with two attached hydrogens (primary N) is 1. The summed E-state index contributed by atoms with van der Waals surface area (Å²) in [6.45, 7) is 4.66. The average molecular weight is 298 g/mol. The maximum absolute atomic E-state index is 12.3. The summed E-state index contributed by atoms with van der Waals surface area (Å²) in [7, 11) is 0. The number of esters is 1. The van der Waals surface area contributed by atoms with Gasteiger partial charge in [0.15, 0.2) is 6.04 Å². The molecule has 2 fully saturated rings. The third-order valence-corrected chi connectivity index (χ3v) is 4.02. The number of nitrogens with one attached hydrogen (secondary N) is 1. The summed E-state index contributed by atoms with van der Waals surface area (Å²) in [6, 6.07) is -0.339. The van der Waals surface area contributed by atoms with Gasteiger partial charge in [0.05, 0.1) is 32.0 Å². The van der Waals surface area contributed by atoms with Crippen LogP contribution in [0, 0.1) is 5.92 Å². The predicted octanol–water partition coefficient (Wildman–Crippen LogP) is -1.76. The van der Waals surface area contributed by atoms with Gasteiger partial charge >= 0.3 is 5.97 Å². The number of nitrogens with zero attached hydrogens (tertiary/aromatic N) is 1. The fourth-order valence-corrected chi connectivity index (χ4v) is 2.87. The van der Waals surface area contributed by atoms with Crippen LogP contribution in [0.2, 0.25) is 0 Å². The van der Waals surface area contributed by atoms with E-state index in [9.17, 15) is 14.4 Å². The molecule has 2 heterocycles. The number of quaternary nitrogens is 1. The van der Waals surface area contributed by atoms with Gasteiger partial charge in [-0.05, 0) is 19.8 Å². The van der Waals surface area contributed by atoms with E-state index in [-0.39, 0.29) is 36.2 Å². The van der Waals surface area contributed by atoms with Gasteiger partial charge in [-0.25, -0.2) is 0 Å². The number of likely N-dealkylation sites (tertiary alicyclic amines) is 1. The first-order valence-corrected chi connectivity index (χ1v) is 7.67. The largest absolute Gasteiger partial charge is 0.466 e. The standard InChI is InChI=1S/C14H23N3O4/c1-2-21-14(20)10-4-3-7-17(9-10)12(18)8-11-13(19)16-6-5-15-11/h10-11,15H,2-9H2,1H3,(H,16,19)/p+1/t10-,11+/m1/s1. The molecule has 0 unspecified atom stereocenters. The van der Waals surface area contributed by atoms with Crippen LogP contribution in [-0.2, 0) is 19.1 Å². The Morgan fingerprint density at radius 1 is 1.48 bits per heavy atom. The van der Waals surface area contributed by atoms with E-state index >= 15 is 0 Å². The van der Waals surface area contributed by atoms with Crippen LogP contribution < -0.4 is 10.6 Å². The molecular formula is C14H24N3O4+. The first-order valence-electron chi connectivity index (χ1n) is 7.67.